The van der Waals surface area contributed by atoms with Crippen LogP contribution in [-0.4, -0.2) is 65.8 Å². The van der Waals surface area contributed by atoms with E-state index in [9.17, 15) is 14.0 Å². The van der Waals surface area contributed by atoms with Gasteiger partial charge in [0.2, 0.25) is 5.91 Å². The molecular weight excluding hydrogens is 520 g/mol. The Balaban J connectivity index is 1.28. The molecule has 1 aromatic heterocycles. The van der Waals surface area contributed by atoms with Crippen molar-refractivity contribution in [1.82, 2.24) is 14.7 Å². The molecule has 0 aliphatic carbocycles. The summed E-state index contributed by atoms with van der Waals surface area (Å²) in [4.78, 5) is 33.5. The summed E-state index contributed by atoms with van der Waals surface area (Å²) in [6.07, 6.45) is 1.56. The Kier molecular flexibility index (Phi) is 7.62. The molecule has 0 N–H and O–H groups in total. The van der Waals surface area contributed by atoms with Gasteiger partial charge in [0.15, 0.2) is 0 Å². The first-order valence-corrected chi connectivity index (χ1v) is 13.6. The molecular formula is C27H26Cl2FN3O2S. The summed E-state index contributed by atoms with van der Waals surface area (Å²) in [7, 11) is 0. The van der Waals surface area contributed by atoms with E-state index in [1.54, 1.807) is 46.6 Å². The molecule has 3 heterocycles. The van der Waals surface area contributed by atoms with Crippen LogP contribution in [0, 0.1) is 5.82 Å². The van der Waals surface area contributed by atoms with Crippen molar-refractivity contribution >= 4 is 46.4 Å². The Hall–Kier alpha value is -2.45. The van der Waals surface area contributed by atoms with Crippen molar-refractivity contribution in [3.63, 3.8) is 0 Å². The van der Waals surface area contributed by atoms with E-state index in [0.29, 0.717) is 48.2 Å². The van der Waals surface area contributed by atoms with Gasteiger partial charge in [0.1, 0.15) is 5.82 Å². The second-order valence-electron chi connectivity index (χ2n) is 9.13. The van der Waals surface area contributed by atoms with Crippen molar-refractivity contribution in [2.24, 2.45) is 0 Å². The average molecular weight is 546 g/mol. The maximum absolute atomic E-state index is 14.1. The molecule has 3 aromatic rings. The molecule has 0 saturated carbocycles. The lowest BCUT2D eigenvalue weighted by Crippen LogP contribution is -2.45. The largest absolute Gasteiger partial charge is 0.340 e. The van der Waals surface area contributed by atoms with E-state index in [1.807, 2.05) is 11.0 Å². The molecule has 36 heavy (non-hydrogen) atoms. The lowest BCUT2D eigenvalue weighted by Gasteiger charge is -2.37. The summed E-state index contributed by atoms with van der Waals surface area (Å²) in [5, 5.41) is 2.87. The fourth-order valence-corrected chi connectivity index (χ4v) is 6.48. The normalized spacial score (nSPS) is 18.6. The number of amides is 2. The summed E-state index contributed by atoms with van der Waals surface area (Å²) < 4.78 is 14.1. The minimum atomic E-state index is -0.279. The smallest absolute Gasteiger partial charge is 0.255 e. The highest BCUT2D eigenvalue weighted by atomic mass is 35.5. The van der Waals surface area contributed by atoms with E-state index >= 15 is 0 Å². The van der Waals surface area contributed by atoms with E-state index in [4.69, 9.17) is 23.2 Å². The molecule has 2 aliphatic rings. The number of thiophene rings is 1. The van der Waals surface area contributed by atoms with Gasteiger partial charge in [-0.15, -0.1) is 11.3 Å². The fraction of sp³-hybridized carbons (Fsp3) is 0.333. The minimum absolute atomic E-state index is 0.0221. The van der Waals surface area contributed by atoms with Gasteiger partial charge in [-0.25, -0.2) is 4.39 Å². The maximum Gasteiger partial charge on any atom is 0.255 e. The van der Waals surface area contributed by atoms with Gasteiger partial charge < -0.3 is 9.80 Å². The third-order valence-corrected chi connectivity index (χ3v) is 8.41. The first-order chi connectivity index (χ1) is 17.4. The highest BCUT2D eigenvalue weighted by molar-refractivity contribution is 7.10. The number of carbonyl (C=O) groups excluding carboxylic acids is 2. The van der Waals surface area contributed by atoms with Crippen molar-refractivity contribution < 1.29 is 14.0 Å². The molecule has 1 atom stereocenters. The SMILES string of the molecule is O=C(CN1CCc2sccc2[C@@H]1c1cccc(F)c1)N1CCCN(C(=O)c2ccc(Cl)cc2Cl)CC1. The third-order valence-electron chi connectivity index (χ3n) is 6.87. The molecule has 2 aliphatic heterocycles. The van der Waals surface area contributed by atoms with Crippen molar-refractivity contribution in [2.45, 2.75) is 18.9 Å². The van der Waals surface area contributed by atoms with Crippen LogP contribution in [0.5, 0.6) is 0 Å². The molecule has 0 radical (unpaired) electrons. The molecule has 1 saturated heterocycles. The van der Waals surface area contributed by atoms with Gasteiger partial charge in [-0.05, 0) is 65.7 Å². The number of benzene rings is 2. The number of halogens is 3. The Bertz CT molecular complexity index is 1280. The lowest BCUT2D eigenvalue weighted by atomic mass is 9.93. The Morgan fingerprint density at radius 3 is 2.58 bits per heavy atom. The quantitative estimate of drug-likeness (QED) is 0.433. The first kappa shape index (κ1) is 25.2. The molecule has 2 aromatic carbocycles. The third kappa shape index (κ3) is 5.30. The van der Waals surface area contributed by atoms with Gasteiger partial charge >= 0.3 is 0 Å². The van der Waals surface area contributed by atoms with Gasteiger partial charge in [-0.2, -0.15) is 0 Å². The molecule has 188 valence electrons. The van der Waals surface area contributed by atoms with E-state index in [-0.39, 0.29) is 30.2 Å². The number of carbonyl (C=O) groups is 2. The fourth-order valence-electron chi connectivity index (χ4n) is 5.08. The Labute approximate surface area is 224 Å². The van der Waals surface area contributed by atoms with Crippen LogP contribution in [0.15, 0.2) is 53.9 Å². The lowest BCUT2D eigenvalue weighted by molar-refractivity contribution is -0.132. The molecule has 5 nitrogen and oxygen atoms in total. The average Bonchev–Trinajstić information content (AvgIpc) is 3.19. The predicted octanol–water partition coefficient (Wildman–Crippen LogP) is 5.52. The van der Waals surface area contributed by atoms with Crippen molar-refractivity contribution in [2.75, 3.05) is 39.3 Å². The molecule has 2 amide bonds. The van der Waals surface area contributed by atoms with Crippen molar-refractivity contribution in [3.8, 4) is 0 Å². The minimum Gasteiger partial charge on any atom is -0.340 e. The highest BCUT2D eigenvalue weighted by Gasteiger charge is 2.33. The Morgan fingerprint density at radius 1 is 0.972 bits per heavy atom. The number of rotatable bonds is 4. The first-order valence-electron chi connectivity index (χ1n) is 12.0. The van der Waals surface area contributed by atoms with Gasteiger partial charge in [-0.3, -0.25) is 14.5 Å². The highest BCUT2D eigenvalue weighted by Crippen LogP contribution is 2.37. The zero-order valence-electron chi connectivity index (χ0n) is 19.6. The summed E-state index contributed by atoms with van der Waals surface area (Å²) >= 11 is 13.9. The topological polar surface area (TPSA) is 43.9 Å². The van der Waals surface area contributed by atoms with Crippen LogP contribution in [0.4, 0.5) is 4.39 Å². The molecule has 0 bridgehead atoms. The maximum atomic E-state index is 14.1. The summed E-state index contributed by atoms with van der Waals surface area (Å²) in [6.45, 7) is 3.00. The van der Waals surface area contributed by atoms with Crippen LogP contribution in [0.2, 0.25) is 10.0 Å². The second kappa shape index (κ2) is 10.9. The molecule has 0 spiro atoms. The van der Waals surface area contributed by atoms with Crippen LogP contribution < -0.4 is 0 Å². The summed E-state index contributed by atoms with van der Waals surface area (Å²) in [5.41, 5.74) is 2.42. The molecule has 9 heteroatoms. The predicted molar refractivity (Wildman–Crippen MR) is 141 cm³/mol. The molecule has 5 rings (SSSR count). The number of fused-ring (bicyclic) bond motifs is 1. The number of nitrogens with zero attached hydrogens (tertiary/aromatic N) is 3. The van der Waals surface area contributed by atoms with E-state index < -0.39 is 0 Å². The van der Waals surface area contributed by atoms with Crippen LogP contribution in [-0.2, 0) is 11.2 Å². The standard InChI is InChI=1S/C27H26Cl2FN3O2S/c28-19-5-6-21(23(29)16-19)27(35)32-10-2-9-31(12-13-32)25(34)17-33-11-7-24-22(8-14-36-24)26(33)18-3-1-4-20(30)15-18/h1,3-6,8,14-16,26H,2,7,9-13,17H2/t26-/m0/s1. The van der Waals surface area contributed by atoms with E-state index in [2.05, 4.69) is 16.3 Å². The van der Waals surface area contributed by atoms with Crippen LogP contribution in [0.25, 0.3) is 0 Å². The monoisotopic (exact) mass is 545 g/mol. The van der Waals surface area contributed by atoms with Gasteiger partial charge in [0.25, 0.3) is 5.91 Å². The van der Waals surface area contributed by atoms with Crippen LogP contribution >= 0.6 is 34.5 Å². The van der Waals surface area contributed by atoms with Crippen molar-refractivity contribution in [3.05, 3.63) is 91.3 Å². The molecule has 1 fully saturated rings. The number of hydrogen-bond donors (Lipinski definition) is 0. The van der Waals surface area contributed by atoms with Gasteiger partial charge in [-0.1, -0.05) is 35.3 Å². The van der Waals surface area contributed by atoms with Crippen LogP contribution in [0.3, 0.4) is 0 Å². The Morgan fingerprint density at radius 2 is 1.78 bits per heavy atom. The van der Waals surface area contributed by atoms with Crippen LogP contribution in [0.1, 0.15) is 38.8 Å². The van der Waals surface area contributed by atoms with Gasteiger partial charge in [0, 0.05) is 42.6 Å². The summed E-state index contributed by atoms with van der Waals surface area (Å²) in [6, 6.07) is 13.4. The zero-order chi connectivity index (χ0) is 25.2. The van der Waals surface area contributed by atoms with Crippen molar-refractivity contribution in [1.29, 1.82) is 0 Å². The zero-order valence-corrected chi connectivity index (χ0v) is 22.0. The second-order valence-corrected chi connectivity index (χ2v) is 11.0. The van der Waals surface area contributed by atoms with E-state index in [1.165, 1.54) is 10.9 Å². The number of hydrogen-bond acceptors (Lipinski definition) is 4. The van der Waals surface area contributed by atoms with Gasteiger partial charge in [0.05, 0.1) is 23.2 Å². The van der Waals surface area contributed by atoms with E-state index in [0.717, 1.165) is 24.1 Å². The molecule has 0 unspecified atom stereocenters. The summed E-state index contributed by atoms with van der Waals surface area (Å²) in [5.74, 6) is -0.411.